The number of rotatable bonds is 2. The molecule has 0 aromatic carbocycles. The summed E-state index contributed by atoms with van der Waals surface area (Å²) in [5, 5.41) is 9.66. The lowest BCUT2D eigenvalue weighted by Crippen LogP contribution is -2.26. The van der Waals surface area contributed by atoms with Crippen molar-refractivity contribution in [1.29, 1.82) is 0 Å². The fourth-order valence-corrected chi connectivity index (χ4v) is 1.00. The minimum Gasteiger partial charge on any atom is -0.475 e. The van der Waals surface area contributed by atoms with Crippen molar-refractivity contribution >= 4 is 5.90 Å². The standard InChI is InChI=1S/C10H17NO2/c1-7(10(4,5)12)8-11-9(2,3)6-13-8/h12H,1,6H2,2-5H3. The second kappa shape index (κ2) is 2.84. The third-order valence-corrected chi connectivity index (χ3v) is 1.96. The van der Waals surface area contributed by atoms with E-state index in [0.29, 0.717) is 18.1 Å². The maximum Gasteiger partial charge on any atom is 0.214 e. The van der Waals surface area contributed by atoms with Gasteiger partial charge in [0.1, 0.15) is 6.61 Å². The van der Waals surface area contributed by atoms with Crippen LogP contribution in [0.25, 0.3) is 0 Å². The zero-order valence-electron chi connectivity index (χ0n) is 8.72. The molecule has 3 nitrogen and oxygen atoms in total. The normalized spacial score (nSPS) is 20.8. The Morgan fingerprint density at radius 3 is 2.46 bits per heavy atom. The molecule has 0 aromatic rings. The molecule has 0 atom stereocenters. The van der Waals surface area contributed by atoms with Gasteiger partial charge in [0.05, 0.1) is 11.1 Å². The van der Waals surface area contributed by atoms with Crippen molar-refractivity contribution in [2.24, 2.45) is 4.99 Å². The molecular weight excluding hydrogens is 166 g/mol. The van der Waals surface area contributed by atoms with Gasteiger partial charge in [-0.3, -0.25) is 0 Å². The van der Waals surface area contributed by atoms with E-state index in [1.807, 2.05) is 13.8 Å². The van der Waals surface area contributed by atoms with Gasteiger partial charge < -0.3 is 9.84 Å². The zero-order chi connectivity index (χ0) is 10.3. The van der Waals surface area contributed by atoms with Crippen LogP contribution < -0.4 is 0 Å². The molecular formula is C10H17NO2. The summed E-state index contributed by atoms with van der Waals surface area (Å²) in [7, 11) is 0. The van der Waals surface area contributed by atoms with Gasteiger partial charge in [-0.25, -0.2) is 4.99 Å². The van der Waals surface area contributed by atoms with Crippen LogP contribution in [0, 0.1) is 0 Å². The van der Waals surface area contributed by atoms with E-state index in [1.54, 1.807) is 13.8 Å². The van der Waals surface area contributed by atoms with E-state index in [1.165, 1.54) is 0 Å². The number of aliphatic imine (C=N–C) groups is 1. The molecule has 0 saturated carbocycles. The van der Waals surface area contributed by atoms with Crippen LogP contribution in [0.5, 0.6) is 0 Å². The highest BCUT2D eigenvalue weighted by Gasteiger charge is 2.32. The topological polar surface area (TPSA) is 41.8 Å². The highest BCUT2D eigenvalue weighted by atomic mass is 16.5. The maximum absolute atomic E-state index is 9.66. The predicted octanol–water partition coefficient (Wildman–Crippen LogP) is 1.52. The molecule has 1 aliphatic heterocycles. The van der Waals surface area contributed by atoms with E-state index in [0.717, 1.165) is 0 Å². The number of nitrogens with zero attached hydrogens (tertiary/aromatic N) is 1. The van der Waals surface area contributed by atoms with Crippen LogP contribution in [-0.2, 0) is 4.74 Å². The van der Waals surface area contributed by atoms with Crippen molar-refractivity contribution in [3.05, 3.63) is 12.2 Å². The van der Waals surface area contributed by atoms with Gasteiger partial charge >= 0.3 is 0 Å². The summed E-state index contributed by atoms with van der Waals surface area (Å²) in [4.78, 5) is 4.32. The predicted molar refractivity (Wildman–Crippen MR) is 52.9 cm³/mol. The summed E-state index contributed by atoms with van der Waals surface area (Å²) < 4.78 is 5.35. The molecule has 0 unspecified atom stereocenters. The molecule has 1 heterocycles. The Labute approximate surface area is 79.1 Å². The quantitative estimate of drug-likeness (QED) is 0.705. The van der Waals surface area contributed by atoms with E-state index in [9.17, 15) is 5.11 Å². The van der Waals surface area contributed by atoms with Crippen LogP contribution in [0.4, 0.5) is 0 Å². The largest absolute Gasteiger partial charge is 0.475 e. The average molecular weight is 183 g/mol. The first-order valence-corrected chi connectivity index (χ1v) is 4.37. The van der Waals surface area contributed by atoms with Gasteiger partial charge in [0, 0.05) is 5.57 Å². The Hall–Kier alpha value is -0.830. The fraction of sp³-hybridized carbons (Fsp3) is 0.700. The Balaban J connectivity index is 2.82. The van der Waals surface area contributed by atoms with Gasteiger partial charge in [-0.15, -0.1) is 0 Å². The summed E-state index contributed by atoms with van der Waals surface area (Å²) in [5.41, 5.74) is -0.610. The lowest BCUT2D eigenvalue weighted by Gasteiger charge is -2.19. The fourth-order valence-electron chi connectivity index (χ4n) is 1.00. The van der Waals surface area contributed by atoms with Crippen LogP contribution in [0.2, 0.25) is 0 Å². The Kier molecular flexibility index (Phi) is 2.24. The SMILES string of the molecule is C=C(C1=NC(C)(C)CO1)C(C)(C)O. The second-order valence-corrected chi connectivity index (χ2v) is 4.56. The summed E-state index contributed by atoms with van der Waals surface area (Å²) in [6.45, 7) is 11.6. The van der Waals surface area contributed by atoms with Crippen LogP contribution >= 0.6 is 0 Å². The molecule has 0 spiro atoms. The van der Waals surface area contributed by atoms with Gasteiger partial charge in [-0.1, -0.05) is 6.58 Å². The minimum absolute atomic E-state index is 0.191. The number of ether oxygens (including phenoxy) is 1. The molecule has 0 saturated heterocycles. The Morgan fingerprint density at radius 1 is 1.62 bits per heavy atom. The Bertz CT molecular complexity index is 259. The molecule has 1 rings (SSSR count). The van der Waals surface area contributed by atoms with E-state index in [-0.39, 0.29) is 5.54 Å². The van der Waals surface area contributed by atoms with Crippen molar-refractivity contribution in [3.8, 4) is 0 Å². The molecule has 0 radical (unpaired) electrons. The van der Waals surface area contributed by atoms with Crippen LogP contribution in [0.3, 0.4) is 0 Å². The molecule has 0 fully saturated rings. The van der Waals surface area contributed by atoms with Crippen molar-refractivity contribution in [2.45, 2.75) is 38.8 Å². The number of hydrogen-bond acceptors (Lipinski definition) is 3. The molecule has 74 valence electrons. The van der Waals surface area contributed by atoms with Gasteiger partial charge in [0.2, 0.25) is 5.90 Å². The van der Waals surface area contributed by atoms with Crippen molar-refractivity contribution in [2.75, 3.05) is 6.61 Å². The van der Waals surface area contributed by atoms with E-state index < -0.39 is 5.60 Å². The maximum atomic E-state index is 9.66. The van der Waals surface area contributed by atoms with E-state index >= 15 is 0 Å². The minimum atomic E-state index is -0.959. The molecule has 1 aliphatic rings. The smallest absolute Gasteiger partial charge is 0.214 e. The van der Waals surface area contributed by atoms with Crippen molar-refractivity contribution in [3.63, 3.8) is 0 Å². The molecule has 1 N–H and O–H groups in total. The average Bonchev–Trinajstić information content (AvgIpc) is 2.26. The Morgan fingerprint density at radius 2 is 2.15 bits per heavy atom. The molecule has 13 heavy (non-hydrogen) atoms. The van der Waals surface area contributed by atoms with E-state index in [4.69, 9.17) is 4.74 Å². The van der Waals surface area contributed by atoms with Crippen LogP contribution in [0.1, 0.15) is 27.7 Å². The summed E-state index contributed by atoms with van der Waals surface area (Å²) in [5.74, 6) is 0.484. The van der Waals surface area contributed by atoms with E-state index in [2.05, 4.69) is 11.6 Å². The van der Waals surface area contributed by atoms with Gasteiger partial charge in [-0.05, 0) is 27.7 Å². The van der Waals surface area contributed by atoms with Gasteiger partial charge in [0.15, 0.2) is 0 Å². The summed E-state index contributed by atoms with van der Waals surface area (Å²) in [6, 6.07) is 0. The third-order valence-electron chi connectivity index (χ3n) is 1.96. The highest BCUT2D eigenvalue weighted by Crippen LogP contribution is 2.24. The lowest BCUT2D eigenvalue weighted by molar-refractivity contribution is 0.122. The number of hydrogen-bond donors (Lipinski definition) is 1. The molecule has 0 amide bonds. The molecule has 0 aliphatic carbocycles. The van der Waals surface area contributed by atoms with Crippen molar-refractivity contribution < 1.29 is 9.84 Å². The monoisotopic (exact) mass is 183 g/mol. The summed E-state index contributed by atoms with van der Waals surface area (Å²) in [6.07, 6.45) is 0. The molecule has 3 heteroatoms. The highest BCUT2D eigenvalue weighted by molar-refractivity contribution is 5.95. The van der Waals surface area contributed by atoms with Gasteiger partial charge in [-0.2, -0.15) is 0 Å². The first kappa shape index (κ1) is 10.3. The van der Waals surface area contributed by atoms with Gasteiger partial charge in [0.25, 0.3) is 0 Å². The van der Waals surface area contributed by atoms with Crippen LogP contribution in [0.15, 0.2) is 17.1 Å². The lowest BCUT2D eigenvalue weighted by atomic mass is 10.00. The summed E-state index contributed by atoms with van der Waals surface area (Å²) >= 11 is 0. The molecule has 0 bridgehead atoms. The second-order valence-electron chi connectivity index (χ2n) is 4.56. The molecule has 0 aromatic heterocycles. The zero-order valence-corrected chi connectivity index (χ0v) is 8.72. The first-order valence-electron chi connectivity index (χ1n) is 4.37. The first-order chi connectivity index (χ1) is 5.72. The number of aliphatic hydroxyl groups is 1. The van der Waals surface area contributed by atoms with Crippen LogP contribution in [-0.4, -0.2) is 28.8 Å². The van der Waals surface area contributed by atoms with Crippen molar-refractivity contribution in [1.82, 2.24) is 0 Å². The third kappa shape index (κ3) is 2.31.